The number of nitrogens with two attached hydrogens (primary N) is 1. The normalized spacial score (nSPS) is 14.2. The molecule has 0 fully saturated rings. The van der Waals surface area contributed by atoms with Crippen LogP contribution in [0.25, 0.3) is 0 Å². The minimum Gasteiger partial charge on any atom is -0.378 e. The Kier molecular flexibility index (Phi) is 6.32. The number of amidine groups is 1. The van der Waals surface area contributed by atoms with Gasteiger partial charge in [-0.15, -0.1) is 0 Å². The number of benzene rings is 1. The van der Waals surface area contributed by atoms with E-state index in [2.05, 4.69) is 11.1 Å². The molecule has 1 aromatic rings. The Morgan fingerprint density at radius 3 is 2.95 bits per heavy atom. The van der Waals surface area contributed by atoms with E-state index >= 15 is 0 Å². The maximum Gasteiger partial charge on any atom is 0.158 e. The second-order valence-electron chi connectivity index (χ2n) is 4.82. The largest absolute Gasteiger partial charge is 0.378 e. The average Bonchev–Trinajstić information content (AvgIpc) is 2.53. The molecule has 0 radical (unpaired) electrons. The molecule has 0 spiro atoms. The zero-order chi connectivity index (χ0) is 14.9. The molecule has 0 aliphatic carbocycles. The molecule has 0 atom stereocenters. The molecule has 1 heterocycles. The van der Waals surface area contributed by atoms with Gasteiger partial charge in [0.15, 0.2) is 5.17 Å². The number of hydrogen-bond acceptors (Lipinski definition) is 5. The molecule has 0 amide bonds. The second kappa shape index (κ2) is 8.50. The van der Waals surface area contributed by atoms with E-state index in [0.29, 0.717) is 23.9 Å². The van der Waals surface area contributed by atoms with E-state index in [4.69, 9.17) is 15.7 Å². The number of nitrogens with zero attached hydrogens (tertiary/aromatic N) is 2. The first-order chi connectivity index (χ1) is 10.3. The highest BCUT2D eigenvalue weighted by atomic mass is 32.2. The number of rotatable bonds is 7. The van der Waals surface area contributed by atoms with Crippen LogP contribution in [0.4, 0.5) is 0 Å². The molecule has 5 heteroatoms. The lowest BCUT2D eigenvalue weighted by Gasteiger charge is -2.10. The number of hydrogen-bond donors (Lipinski definition) is 1. The van der Waals surface area contributed by atoms with Crippen LogP contribution in [0.3, 0.4) is 0 Å². The molecule has 21 heavy (non-hydrogen) atoms. The molecule has 0 bridgehead atoms. The van der Waals surface area contributed by atoms with E-state index in [1.54, 1.807) is 11.8 Å². The lowest BCUT2D eigenvalue weighted by atomic mass is 10.1. The number of nitriles is 1. The van der Waals surface area contributed by atoms with Crippen molar-refractivity contribution in [2.24, 2.45) is 10.7 Å². The third-order valence-electron chi connectivity index (χ3n) is 3.21. The van der Waals surface area contributed by atoms with E-state index in [0.717, 1.165) is 30.6 Å². The first-order valence-electron chi connectivity index (χ1n) is 6.99. The van der Waals surface area contributed by atoms with Crippen LogP contribution in [0.5, 0.6) is 0 Å². The summed E-state index contributed by atoms with van der Waals surface area (Å²) in [5.41, 5.74) is 8.58. The lowest BCUT2D eigenvalue weighted by molar-refractivity contribution is 0.117. The highest BCUT2D eigenvalue weighted by Crippen LogP contribution is 2.18. The molecular formula is C16H19N3OS. The Hall–Kier alpha value is -1.77. The van der Waals surface area contributed by atoms with Crippen molar-refractivity contribution < 1.29 is 4.74 Å². The van der Waals surface area contributed by atoms with E-state index in [1.165, 1.54) is 5.57 Å². The summed E-state index contributed by atoms with van der Waals surface area (Å²) in [5, 5.41) is 9.64. The predicted octanol–water partition coefficient (Wildman–Crippen LogP) is 3.19. The van der Waals surface area contributed by atoms with E-state index in [9.17, 15) is 0 Å². The molecule has 0 unspecified atom stereocenters. The summed E-state index contributed by atoms with van der Waals surface area (Å²) in [6.07, 6.45) is 5.02. The van der Waals surface area contributed by atoms with Crippen molar-refractivity contribution in [3.8, 4) is 6.07 Å². The minimum atomic E-state index is 0.503. The van der Waals surface area contributed by atoms with Gasteiger partial charge in [-0.25, -0.2) is 4.99 Å². The smallest absolute Gasteiger partial charge is 0.158 e. The molecule has 2 rings (SSSR count). The Labute approximate surface area is 129 Å². The molecular weight excluding hydrogens is 282 g/mol. The van der Waals surface area contributed by atoms with E-state index in [1.807, 2.05) is 30.5 Å². The van der Waals surface area contributed by atoms with Crippen molar-refractivity contribution in [3.63, 3.8) is 0 Å². The van der Waals surface area contributed by atoms with Crippen LogP contribution >= 0.6 is 11.8 Å². The lowest BCUT2D eigenvalue weighted by Crippen LogP contribution is -2.10. The summed E-state index contributed by atoms with van der Waals surface area (Å²) >= 11 is 1.59. The molecule has 1 aliphatic heterocycles. The van der Waals surface area contributed by atoms with Crippen molar-refractivity contribution in [1.29, 1.82) is 5.26 Å². The summed E-state index contributed by atoms with van der Waals surface area (Å²) in [7, 11) is 0. The van der Waals surface area contributed by atoms with Crippen LogP contribution in [-0.2, 0) is 11.3 Å². The summed E-state index contributed by atoms with van der Waals surface area (Å²) < 4.78 is 5.65. The molecule has 1 aromatic carbocycles. The molecule has 0 saturated carbocycles. The number of ether oxygens (including phenoxy) is 1. The van der Waals surface area contributed by atoms with Gasteiger partial charge in [0.2, 0.25) is 0 Å². The van der Waals surface area contributed by atoms with Gasteiger partial charge < -0.3 is 10.5 Å². The van der Waals surface area contributed by atoms with Crippen LogP contribution in [0, 0.1) is 11.3 Å². The van der Waals surface area contributed by atoms with Gasteiger partial charge in [-0.1, -0.05) is 30.0 Å². The van der Waals surface area contributed by atoms with Gasteiger partial charge in [-0.3, -0.25) is 0 Å². The van der Waals surface area contributed by atoms with Gasteiger partial charge in [0.05, 0.1) is 18.2 Å². The van der Waals surface area contributed by atoms with E-state index in [-0.39, 0.29) is 0 Å². The van der Waals surface area contributed by atoms with Crippen molar-refractivity contribution in [3.05, 3.63) is 47.2 Å². The maximum absolute atomic E-state index is 8.99. The van der Waals surface area contributed by atoms with Gasteiger partial charge in [0, 0.05) is 18.6 Å². The van der Waals surface area contributed by atoms with Crippen LogP contribution in [0.15, 0.2) is 41.0 Å². The number of unbranched alkanes of at least 4 members (excludes halogenated alkanes) is 1. The van der Waals surface area contributed by atoms with Crippen LogP contribution in [0.1, 0.15) is 30.4 Å². The zero-order valence-electron chi connectivity index (χ0n) is 11.9. The standard InChI is InChI=1S/C16H19N3OS/c17-9-14-6-1-2-7-15(14)11-20-8-4-3-5-13-10-19-16(18)21-12-13/h1-2,6-7,10H,3-5,8,11-12H2,(H2,18,19). The minimum absolute atomic E-state index is 0.503. The Balaban J connectivity index is 1.61. The summed E-state index contributed by atoms with van der Waals surface area (Å²) in [6, 6.07) is 9.73. The van der Waals surface area contributed by atoms with Gasteiger partial charge in [-0.2, -0.15) is 5.26 Å². The highest BCUT2D eigenvalue weighted by Gasteiger charge is 2.05. The summed E-state index contributed by atoms with van der Waals surface area (Å²) in [4.78, 5) is 4.12. The Bertz CT molecular complexity index is 575. The summed E-state index contributed by atoms with van der Waals surface area (Å²) in [6.45, 7) is 1.22. The highest BCUT2D eigenvalue weighted by molar-refractivity contribution is 8.14. The number of aliphatic imine (C=N–C) groups is 1. The van der Waals surface area contributed by atoms with Gasteiger partial charge >= 0.3 is 0 Å². The third kappa shape index (κ3) is 5.25. The van der Waals surface area contributed by atoms with Gasteiger partial charge in [-0.05, 0) is 36.5 Å². The molecule has 110 valence electrons. The fraction of sp³-hybridized carbons (Fsp3) is 0.375. The van der Waals surface area contributed by atoms with Crippen LogP contribution in [-0.4, -0.2) is 17.5 Å². The van der Waals surface area contributed by atoms with Crippen LogP contribution in [0.2, 0.25) is 0 Å². The van der Waals surface area contributed by atoms with Crippen molar-refractivity contribution >= 4 is 16.9 Å². The first kappa shape index (κ1) is 15.6. The fourth-order valence-electron chi connectivity index (χ4n) is 2.03. The number of thioether (sulfide) groups is 1. The third-order valence-corrected chi connectivity index (χ3v) is 4.13. The Morgan fingerprint density at radius 1 is 1.33 bits per heavy atom. The predicted molar refractivity (Wildman–Crippen MR) is 86.8 cm³/mol. The fourth-order valence-corrected chi connectivity index (χ4v) is 2.71. The Morgan fingerprint density at radius 2 is 2.19 bits per heavy atom. The van der Waals surface area contributed by atoms with E-state index < -0.39 is 0 Å². The molecule has 0 saturated heterocycles. The van der Waals surface area contributed by atoms with Crippen molar-refractivity contribution in [2.75, 3.05) is 12.4 Å². The topological polar surface area (TPSA) is 71.4 Å². The monoisotopic (exact) mass is 301 g/mol. The van der Waals surface area contributed by atoms with Gasteiger partial charge in [0.1, 0.15) is 0 Å². The molecule has 0 aromatic heterocycles. The molecule has 2 N–H and O–H groups in total. The zero-order valence-corrected chi connectivity index (χ0v) is 12.7. The first-order valence-corrected chi connectivity index (χ1v) is 7.98. The molecule has 4 nitrogen and oxygen atoms in total. The second-order valence-corrected chi connectivity index (χ2v) is 5.82. The quantitative estimate of drug-likeness (QED) is 0.785. The van der Waals surface area contributed by atoms with Crippen molar-refractivity contribution in [2.45, 2.75) is 25.9 Å². The van der Waals surface area contributed by atoms with Crippen molar-refractivity contribution in [1.82, 2.24) is 0 Å². The van der Waals surface area contributed by atoms with Crippen LogP contribution < -0.4 is 5.73 Å². The molecule has 1 aliphatic rings. The maximum atomic E-state index is 8.99. The average molecular weight is 301 g/mol. The van der Waals surface area contributed by atoms with Gasteiger partial charge in [0.25, 0.3) is 0 Å². The summed E-state index contributed by atoms with van der Waals surface area (Å²) in [5.74, 6) is 0.950. The SMILES string of the molecule is N#Cc1ccccc1COCCCCC1=CN=C(N)SC1.